The van der Waals surface area contributed by atoms with Crippen molar-refractivity contribution in [2.75, 3.05) is 26.2 Å². The van der Waals surface area contributed by atoms with E-state index < -0.39 is 5.60 Å². The number of nitrogens with zero attached hydrogens (tertiary/aromatic N) is 2. The Morgan fingerprint density at radius 3 is 2.40 bits per heavy atom. The van der Waals surface area contributed by atoms with E-state index in [1.54, 1.807) is 43.3 Å². The van der Waals surface area contributed by atoms with Crippen molar-refractivity contribution in [3.8, 4) is 0 Å². The van der Waals surface area contributed by atoms with Crippen molar-refractivity contribution in [1.29, 1.82) is 0 Å². The quantitative estimate of drug-likeness (QED) is 0.252. The summed E-state index contributed by atoms with van der Waals surface area (Å²) in [6.45, 7) is 5.45. The minimum Gasteiger partial charge on any atom is -0.466 e. The summed E-state index contributed by atoms with van der Waals surface area (Å²) in [5, 5.41) is 16.9. The predicted molar refractivity (Wildman–Crippen MR) is 113 cm³/mol. The fraction of sp³-hybridized carbons (Fsp3) is 0.409. The minimum atomic E-state index is -1.20. The molecule has 2 amide bonds. The number of carbonyl (C=O) groups excluding carboxylic acids is 2. The van der Waals surface area contributed by atoms with Crippen molar-refractivity contribution in [2.24, 2.45) is 4.99 Å². The maximum Gasteiger partial charge on any atom is 0.261 e. The maximum atomic E-state index is 12.4. The van der Waals surface area contributed by atoms with E-state index in [0.717, 1.165) is 6.42 Å². The van der Waals surface area contributed by atoms with Gasteiger partial charge in [-0.1, -0.05) is 12.1 Å². The number of hydrogen-bond donors (Lipinski definition) is 3. The number of furan rings is 1. The highest BCUT2D eigenvalue weighted by atomic mass is 16.4. The fourth-order valence-electron chi connectivity index (χ4n) is 3.28. The minimum absolute atomic E-state index is 0.144. The van der Waals surface area contributed by atoms with E-state index in [1.165, 1.54) is 11.2 Å². The Balaban J connectivity index is 1.45. The number of imide groups is 1. The second-order valence-corrected chi connectivity index (χ2v) is 7.39. The molecule has 0 spiro atoms. The number of aliphatic imine (C=N–C) groups is 1. The van der Waals surface area contributed by atoms with Gasteiger partial charge in [0.2, 0.25) is 0 Å². The van der Waals surface area contributed by atoms with Crippen molar-refractivity contribution in [2.45, 2.75) is 32.3 Å². The van der Waals surface area contributed by atoms with Crippen LogP contribution in [0.15, 0.2) is 52.1 Å². The topological polar surface area (TPSA) is 107 Å². The van der Waals surface area contributed by atoms with Crippen LogP contribution >= 0.6 is 0 Å². The predicted octanol–water partition coefficient (Wildman–Crippen LogP) is 2.12. The molecule has 0 aliphatic carbocycles. The molecule has 1 aromatic carbocycles. The lowest BCUT2D eigenvalue weighted by Gasteiger charge is -2.19. The molecule has 3 N–H and O–H groups in total. The van der Waals surface area contributed by atoms with Crippen LogP contribution in [0.3, 0.4) is 0 Å². The van der Waals surface area contributed by atoms with Crippen molar-refractivity contribution < 1.29 is 19.1 Å². The lowest BCUT2D eigenvalue weighted by atomic mass is 10.0. The van der Waals surface area contributed by atoms with E-state index in [1.807, 2.05) is 6.92 Å². The molecule has 1 aromatic heterocycles. The zero-order chi connectivity index (χ0) is 21.6. The number of aliphatic hydroxyl groups is 1. The summed E-state index contributed by atoms with van der Waals surface area (Å²) < 4.78 is 5.27. The molecule has 1 unspecified atom stereocenters. The van der Waals surface area contributed by atoms with Crippen LogP contribution in [0.2, 0.25) is 0 Å². The molecule has 3 rings (SSSR count). The molecule has 0 saturated heterocycles. The Bertz CT molecular complexity index is 871. The van der Waals surface area contributed by atoms with Crippen molar-refractivity contribution in [3.63, 3.8) is 0 Å². The highest BCUT2D eigenvalue weighted by Gasteiger charge is 2.34. The lowest BCUT2D eigenvalue weighted by molar-refractivity contribution is 0.0437. The highest BCUT2D eigenvalue weighted by Crippen LogP contribution is 2.23. The molecule has 1 atom stereocenters. The van der Waals surface area contributed by atoms with Gasteiger partial charge in [0, 0.05) is 19.6 Å². The van der Waals surface area contributed by atoms with Gasteiger partial charge in [-0.05, 0) is 51.0 Å². The molecule has 2 heterocycles. The molecule has 0 saturated carbocycles. The standard InChI is InChI=1S/C22H28N4O4/c1-3-23-21(25-15-22(2,29)18-11-8-14-30-18)24-12-6-7-13-26-19(27)16-9-4-5-10-17(16)20(26)28/h4-5,8-11,14,29H,3,6-7,12-13,15H2,1-2H3,(H2,23,24,25). The van der Waals surface area contributed by atoms with Crippen LogP contribution in [0.25, 0.3) is 0 Å². The third-order valence-corrected chi connectivity index (χ3v) is 4.92. The monoisotopic (exact) mass is 412 g/mol. The van der Waals surface area contributed by atoms with Gasteiger partial charge in [0.25, 0.3) is 11.8 Å². The van der Waals surface area contributed by atoms with Gasteiger partial charge in [0.05, 0.1) is 23.9 Å². The van der Waals surface area contributed by atoms with Crippen molar-refractivity contribution >= 4 is 17.8 Å². The van der Waals surface area contributed by atoms with Crippen LogP contribution in [0.1, 0.15) is 53.2 Å². The summed E-state index contributed by atoms with van der Waals surface area (Å²) in [6.07, 6.45) is 2.96. The molecule has 1 aliphatic heterocycles. The molecule has 8 nitrogen and oxygen atoms in total. The van der Waals surface area contributed by atoms with Gasteiger partial charge in [0.15, 0.2) is 5.96 Å². The Hall–Kier alpha value is -3.13. The first-order valence-electron chi connectivity index (χ1n) is 10.2. The zero-order valence-corrected chi connectivity index (χ0v) is 17.4. The van der Waals surface area contributed by atoms with Crippen LogP contribution in [-0.4, -0.2) is 54.0 Å². The second kappa shape index (κ2) is 9.58. The Kier molecular flexibility index (Phi) is 6.89. The lowest BCUT2D eigenvalue weighted by Crippen LogP contribution is -2.39. The normalized spacial score (nSPS) is 15.8. The van der Waals surface area contributed by atoms with Gasteiger partial charge >= 0.3 is 0 Å². The van der Waals surface area contributed by atoms with E-state index in [-0.39, 0.29) is 18.4 Å². The first-order chi connectivity index (χ1) is 14.4. The molecule has 30 heavy (non-hydrogen) atoms. The van der Waals surface area contributed by atoms with Gasteiger partial charge in [-0.15, -0.1) is 0 Å². The molecule has 0 bridgehead atoms. The maximum absolute atomic E-state index is 12.4. The summed E-state index contributed by atoms with van der Waals surface area (Å²) in [5.74, 6) is 0.602. The van der Waals surface area contributed by atoms with Gasteiger partial charge < -0.3 is 20.2 Å². The molecule has 8 heteroatoms. The molecule has 1 aliphatic rings. The number of carbonyl (C=O) groups is 2. The van der Waals surface area contributed by atoms with Gasteiger partial charge in [-0.25, -0.2) is 4.99 Å². The first-order valence-corrected chi connectivity index (χ1v) is 10.2. The van der Waals surface area contributed by atoms with E-state index >= 15 is 0 Å². The highest BCUT2D eigenvalue weighted by molar-refractivity contribution is 6.21. The number of amides is 2. The van der Waals surface area contributed by atoms with Crippen molar-refractivity contribution in [1.82, 2.24) is 15.5 Å². The number of rotatable bonds is 9. The third-order valence-electron chi connectivity index (χ3n) is 4.92. The zero-order valence-electron chi connectivity index (χ0n) is 17.4. The van der Waals surface area contributed by atoms with Crippen LogP contribution in [0, 0.1) is 0 Å². The molecular formula is C22H28N4O4. The first kappa shape index (κ1) is 21.6. The summed E-state index contributed by atoms with van der Waals surface area (Å²) in [7, 11) is 0. The summed E-state index contributed by atoms with van der Waals surface area (Å²) >= 11 is 0. The van der Waals surface area contributed by atoms with E-state index in [9.17, 15) is 14.7 Å². The second-order valence-electron chi connectivity index (χ2n) is 7.39. The summed E-state index contributed by atoms with van der Waals surface area (Å²) in [4.78, 5) is 30.5. The number of benzene rings is 1. The van der Waals surface area contributed by atoms with Gasteiger partial charge in [-0.2, -0.15) is 0 Å². The number of fused-ring (bicyclic) bond motifs is 1. The fourth-order valence-corrected chi connectivity index (χ4v) is 3.28. The number of unbranched alkanes of at least 4 members (excludes halogenated alkanes) is 1. The number of nitrogens with one attached hydrogen (secondary N) is 2. The van der Waals surface area contributed by atoms with E-state index in [4.69, 9.17) is 4.42 Å². The van der Waals surface area contributed by atoms with Gasteiger partial charge in [-0.3, -0.25) is 14.5 Å². The molecule has 2 aromatic rings. The average molecular weight is 412 g/mol. The Morgan fingerprint density at radius 2 is 1.80 bits per heavy atom. The molecule has 160 valence electrons. The number of hydrogen-bond acceptors (Lipinski definition) is 5. The smallest absolute Gasteiger partial charge is 0.261 e. The molecular weight excluding hydrogens is 384 g/mol. The van der Waals surface area contributed by atoms with Crippen LogP contribution in [0.5, 0.6) is 0 Å². The van der Waals surface area contributed by atoms with Crippen LogP contribution < -0.4 is 10.6 Å². The summed E-state index contributed by atoms with van der Waals surface area (Å²) in [5.41, 5.74) is -0.242. The van der Waals surface area contributed by atoms with E-state index in [0.29, 0.717) is 48.9 Å². The average Bonchev–Trinajstić information content (AvgIpc) is 3.36. The Labute approximate surface area is 176 Å². The molecule has 0 radical (unpaired) electrons. The van der Waals surface area contributed by atoms with Gasteiger partial charge in [0.1, 0.15) is 11.4 Å². The summed E-state index contributed by atoms with van der Waals surface area (Å²) in [6, 6.07) is 10.4. The SMILES string of the molecule is CCNC(=NCC(C)(O)c1ccco1)NCCCCN1C(=O)c2ccccc2C1=O. The van der Waals surface area contributed by atoms with Crippen LogP contribution in [0.4, 0.5) is 0 Å². The van der Waals surface area contributed by atoms with Crippen LogP contribution in [-0.2, 0) is 5.60 Å². The van der Waals surface area contributed by atoms with E-state index in [2.05, 4.69) is 15.6 Å². The number of guanidine groups is 1. The Morgan fingerprint density at radius 1 is 1.10 bits per heavy atom. The third kappa shape index (κ3) is 4.88. The van der Waals surface area contributed by atoms with Crippen molar-refractivity contribution in [3.05, 3.63) is 59.5 Å². The largest absolute Gasteiger partial charge is 0.466 e. The molecule has 0 fully saturated rings.